The summed E-state index contributed by atoms with van der Waals surface area (Å²) in [4.78, 5) is 28.1. The number of ketones is 1. The Morgan fingerprint density at radius 2 is 1.71 bits per heavy atom. The molecule has 0 amide bonds. The van der Waals surface area contributed by atoms with Gasteiger partial charge in [-0.1, -0.05) is 0 Å². The fourth-order valence-corrected chi connectivity index (χ4v) is 2.68. The van der Waals surface area contributed by atoms with Crippen molar-refractivity contribution in [3.05, 3.63) is 69.8 Å². The number of carbonyl (C=O) groups is 1. The minimum Gasteiger partial charge on any atom is -0.486 e. The van der Waals surface area contributed by atoms with Crippen LogP contribution in [0.5, 0.6) is 11.5 Å². The van der Waals surface area contributed by atoms with Gasteiger partial charge in [0.25, 0.3) is 0 Å². The summed E-state index contributed by atoms with van der Waals surface area (Å²) in [5, 5.41) is 0.340. The molecule has 4 rings (SSSR count). The van der Waals surface area contributed by atoms with Crippen LogP contribution in [-0.4, -0.2) is 24.0 Å². The van der Waals surface area contributed by atoms with Crippen LogP contribution in [0.25, 0.3) is 10.9 Å². The Kier molecular flexibility index (Phi) is 3.30. The number of aromatic nitrogens is 1. The van der Waals surface area contributed by atoms with Crippen molar-refractivity contribution in [1.29, 1.82) is 0 Å². The molecule has 0 bridgehead atoms. The number of halogens is 1. The molecule has 0 unspecified atom stereocenters. The first kappa shape index (κ1) is 14.4. The molecule has 3 aromatic rings. The Morgan fingerprint density at radius 3 is 2.42 bits per heavy atom. The van der Waals surface area contributed by atoms with Gasteiger partial charge < -0.3 is 14.5 Å². The Labute approximate surface area is 135 Å². The van der Waals surface area contributed by atoms with Gasteiger partial charge in [0.15, 0.2) is 17.3 Å². The lowest BCUT2D eigenvalue weighted by Crippen LogP contribution is -2.19. The molecule has 0 radical (unpaired) electrons. The zero-order chi connectivity index (χ0) is 16.7. The van der Waals surface area contributed by atoms with Gasteiger partial charge in [-0.2, -0.15) is 0 Å². The highest BCUT2D eigenvalue weighted by molar-refractivity contribution is 6.10. The van der Waals surface area contributed by atoms with E-state index >= 15 is 0 Å². The van der Waals surface area contributed by atoms with Crippen molar-refractivity contribution in [1.82, 2.24) is 4.98 Å². The first-order chi connectivity index (χ1) is 11.6. The lowest BCUT2D eigenvalue weighted by Gasteiger charge is -2.18. The molecular formula is C18H12FNO4. The molecule has 0 spiro atoms. The van der Waals surface area contributed by atoms with Crippen LogP contribution >= 0.6 is 0 Å². The van der Waals surface area contributed by atoms with Crippen molar-refractivity contribution < 1.29 is 18.7 Å². The SMILES string of the molecule is O=C(c1ccc(F)cc1)c1c[nH]c2cc3c(cc2c1=O)OCCO3. The van der Waals surface area contributed by atoms with Crippen molar-refractivity contribution in [2.24, 2.45) is 0 Å². The number of ether oxygens (including phenoxy) is 2. The van der Waals surface area contributed by atoms with Crippen LogP contribution in [0.1, 0.15) is 15.9 Å². The number of fused-ring (bicyclic) bond motifs is 2. The molecule has 1 aliphatic heterocycles. The molecule has 6 heteroatoms. The third kappa shape index (κ3) is 2.32. The summed E-state index contributed by atoms with van der Waals surface area (Å²) < 4.78 is 24.0. The van der Waals surface area contributed by atoms with E-state index in [1.165, 1.54) is 30.5 Å². The normalized spacial score (nSPS) is 13.0. The minimum atomic E-state index is -0.465. The summed E-state index contributed by atoms with van der Waals surface area (Å²) >= 11 is 0. The van der Waals surface area contributed by atoms with Crippen molar-refractivity contribution in [2.75, 3.05) is 13.2 Å². The molecule has 0 saturated carbocycles. The van der Waals surface area contributed by atoms with Crippen molar-refractivity contribution in [3.63, 3.8) is 0 Å². The van der Waals surface area contributed by atoms with Crippen LogP contribution in [0, 0.1) is 5.82 Å². The van der Waals surface area contributed by atoms with Gasteiger partial charge in [-0.3, -0.25) is 9.59 Å². The minimum absolute atomic E-state index is 0.00853. The number of hydrogen-bond donors (Lipinski definition) is 1. The Bertz CT molecular complexity index is 1010. The summed E-state index contributed by atoms with van der Waals surface area (Å²) in [6.45, 7) is 0.856. The number of pyridine rings is 1. The average Bonchev–Trinajstić information content (AvgIpc) is 2.61. The Balaban J connectivity index is 1.85. The highest BCUT2D eigenvalue weighted by atomic mass is 19.1. The van der Waals surface area contributed by atoms with Gasteiger partial charge in [0, 0.05) is 17.8 Å². The third-order valence-electron chi connectivity index (χ3n) is 3.89. The zero-order valence-corrected chi connectivity index (χ0v) is 12.5. The van der Waals surface area contributed by atoms with Crippen LogP contribution < -0.4 is 14.9 Å². The summed E-state index contributed by atoms with van der Waals surface area (Å²) in [7, 11) is 0. The smallest absolute Gasteiger partial charge is 0.200 e. The molecule has 120 valence electrons. The van der Waals surface area contributed by atoms with Gasteiger partial charge in [0.05, 0.1) is 16.5 Å². The third-order valence-corrected chi connectivity index (χ3v) is 3.89. The van der Waals surface area contributed by atoms with Gasteiger partial charge in [-0.15, -0.1) is 0 Å². The number of H-pyrrole nitrogens is 1. The van der Waals surface area contributed by atoms with Gasteiger partial charge in [-0.05, 0) is 30.3 Å². The quantitative estimate of drug-likeness (QED) is 0.736. The predicted octanol–water partition coefficient (Wildman–Crippen LogP) is 2.67. The standard InChI is InChI=1S/C18H12FNO4/c19-11-3-1-10(2-4-11)17(21)13-9-20-14-8-16-15(23-5-6-24-16)7-12(14)18(13)22/h1-4,7-9H,5-6H2,(H,20,22). The molecule has 0 aliphatic carbocycles. The number of rotatable bonds is 2. The molecular weight excluding hydrogens is 313 g/mol. The van der Waals surface area contributed by atoms with Crippen LogP contribution in [0.15, 0.2) is 47.4 Å². The average molecular weight is 325 g/mol. The molecule has 2 heterocycles. The number of aromatic amines is 1. The molecule has 1 N–H and O–H groups in total. The summed E-state index contributed by atoms with van der Waals surface area (Å²) in [5.74, 6) is 0.128. The van der Waals surface area contributed by atoms with Gasteiger partial charge in [-0.25, -0.2) is 4.39 Å². The van der Waals surface area contributed by atoms with Gasteiger partial charge >= 0.3 is 0 Å². The van der Waals surface area contributed by atoms with E-state index in [4.69, 9.17) is 9.47 Å². The molecule has 2 aromatic carbocycles. The maximum Gasteiger partial charge on any atom is 0.200 e. The van der Waals surface area contributed by atoms with Gasteiger partial charge in [0.2, 0.25) is 5.43 Å². The number of nitrogens with one attached hydrogen (secondary N) is 1. The zero-order valence-electron chi connectivity index (χ0n) is 12.5. The first-order valence-corrected chi connectivity index (χ1v) is 7.39. The van der Waals surface area contributed by atoms with E-state index in [1.54, 1.807) is 12.1 Å². The molecule has 24 heavy (non-hydrogen) atoms. The second-order valence-electron chi connectivity index (χ2n) is 5.41. The fourth-order valence-electron chi connectivity index (χ4n) is 2.68. The van der Waals surface area contributed by atoms with E-state index in [2.05, 4.69) is 4.98 Å². The van der Waals surface area contributed by atoms with E-state index in [-0.39, 0.29) is 11.1 Å². The van der Waals surface area contributed by atoms with E-state index in [0.717, 1.165) is 0 Å². The molecule has 1 aliphatic rings. The van der Waals surface area contributed by atoms with Crippen molar-refractivity contribution >= 4 is 16.7 Å². The highest BCUT2D eigenvalue weighted by Crippen LogP contribution is 2.32. The predicted molar refractivity (Wildman–Crippen MR) is 85.4 cm³/mol. The first-order valence-electron chi connectivity index (χ1n) is 7.39. The van der Waals surface area contributed by atoms with E-state index < -0.39 is 17.0 Å². The second kappa shape index (κ2) is 5.49. The van der Waals surface area contributed by atoms with Crippen LogP contribution in [0.4, 0.5) is 4.39 Å². The Morgan fingerprint density at radius 1 is 1.04 bits per heavy atom. The summed E-state index contributed by atoms with van der Waals surface area (Å²) in [6, 6.07) is 8.33. The van der Waals surface area contributed by atoms with Gasteiger partial charge in [0.1, 0.15) is 19.0 Å². The lowest BCUT2D eigenvalue weighted by atomic mass is 10.0. The summed E-state index contributed by atoms with van der Waals surface area (Å²) in [5.41, 5.74) is 0.388. The topological polar surface area (TPSA) is 68.4 Å². The van der Waals surface area contributed by atoms with Crippen molar-refractivity contribution in [2.45, 2.75) is 0 Å². The number of carbonyl (C=O) groups excluding carboxylic acids is 1. The number of hydrogen-bond acceptors (Lipinski definition) is 4. The van der Waals surface area contributed by atoms with E-state index in [1.807, 2.05) is 0 Å². The number of benzene rings is 2. The molecule has 0 atom stereocenters. The van der Waals surface area contributed by atoms with E-state index in [0.29, 0.717) is 35.6 Å². The van der Waals surface area contributed by atoms with Crippen LogP contribution in [0.3, 0.4) is 0 Å². The maximum absolute atomic E-state index is 13.0. The second-order valence-corrected chi connectivity index (χ2v) is 5.41. The van der Waals surface area contributed by atoms with Crippen molar-refractivity contribution in [3.8, 4) is 11.5 Å². The van der Waals surface area contributed by atoms with E-state index in [9.17, 15) is 14.0 Å². The highest BCUT2D eigenvalue weighted by Gasteiger charge is 2.18. The maximum atomic E-state index is 13.0. The Hall–Kier alpha value is -3.15. The summed E-state index contributed by atoms with van der Waals surface area (Å²) in [6.07, 6.45) is 1.37. The van der Waals surface area contributed by atoms with Crippen LogP contribution in [0.2, 0.25) is 0 Å². The molecule has 1 aromatic heterocycles. The monoisotopic (exact) mass is 325 g/mol. The van der Waals surface area contributed by atoms with Crippen LogP contribution in [-0.2, 0) is 0 Å². The largest absolute Gasteiger partial charge is 0.486 e. The lowest BCUT2D eigenvalue weighted by molar-refractivity contribution is 0.103. The fraction of sp³-hybridized carbons (Fsp3) is 0.111. The molecule has 0 fully saturated rings. The molecule has 0 saturated heterocycles. The molecule has 5 nitrogen and oxygen atoms in total.